The minimum absolute atomic E-state index is 0.00793. The second-order valence-corrected chi connectivity index (χ2v) is 26.6. The van der Waals surface area contributed by atoms with Gasteiger partial charge in [0.2, 0.25) is 5.91 Å². The van der Waals surface area contributed by atoms with Crippen molar-refractivity contribution in [1.82, 2.24) is 5.32 Å². The molecule has 472 valence electrons. The molecule has 0 saturated carbocycles. The van der Waals surface area contributed by atoms with E-state index in [2.05, 4.69) is 55.6 Å². The zero-order valence-corrected chi connectivity index (χ0v) is 54.9. The molecule has 1 amide bonds. The molecule has 0 aliphatic heterocycles. The summed E-state index contributed by atoms with van der Waals surface area (Å²) in [6, 6.07) is -0.909. The smallest absolute Gasteiger partial charge is 0.268 e. The Balaban J connectivity index is 3.89. The second-order valence-electron chi connectivity index (χ2n) is 25.2. The van der Waals surface area contributed by atoms with Crippen LogP contribution in [0.25, 0.3) is 0 Å². The number of carbonyl (C=O) groups excluding carboxylic acids is 1. The van der Waals surface area contributed by atoms with Crippen molar-refractivity contribution in [2.24, 2.45) is 0 Å². The van der Waals surface area contributed by atoms with E-state index in [1.165, 1.54) is 283 Å². The number of quaternary nitrogens is 1. The van der Waals surface area contributed by atoms with Crippen molar-refractivity contribution in [1.29, 1.82) is 0 Å². The van der Waals surface area contributed by atoms with Crippen LogP contribution in [-0.4, -0.2) is 68.5 Å². The van der Waals surface area contributed by atoms with Gasteiger partial charge in [-0.15, -0.1) is 0 Å². The first-order valence-corrected chi connectivity index (χ1v) is 36.5. The number of unbranched alkanes of at least 4 members (excludes halogenated alkanes) is 46. The van der Waals surface area contributed by atoms with Crippen LogP contribution in [0, 0.1) is 0 Å². The number of phosphoric acid groups is 1. The van der Waals surface area contributed by atoms with Gasteiger partial charge in [0.15, 0.2) is 0 Å². The Morgan fingerprint density at radius 2 is 0.700 bits per heavy atom. The summed E-state index contributed by atoms with van der Waals surface area (Å²) in [5, 5.41) is 13.9. The predicted octanol–water partition coefficient (Wildman–Crippen LogP) is 21.6. The molecular formula is C71H137N2O6P. The first kappa shape index (κ1) is 78.5. The van der Waals surface area contributed by atoms with Gasteiger partial charge in [0, 0.05) is 6.42 Å². The zero-order valence-electron chi connectivity index (χ0n) is 54.0. The molecule has 0 aromatic carbocycles. The first-order valence-electron chi connectivity index (χ1n) is 35.0. The van der Waals surface area contributed by atoms with Crippen molar-refractivity contribution in [2.75, 3.05) is 40.9 Å². The number of amides is 1. The number of allylic oxidation sites excluding steroid dienone is 7. The number of nitrogens with one attached hydrogen (secondary N) is 1. The first-order chi connectivity index (χ1) is 39.0. The van der Waals surface area contributed by atoms with Crippen LogP contribution >= 0.6 is 7.82 Å². The van der Waals surface area contributed by atoms with Gasteiger partial charge < -0.3 is 28.8 Å². The Labute approximate surface area is 499 Å². The summed E-state index contributed by atoms with van der Waals surface area (Å²) >= 11 is 0. The maximum atomic E-state index is 13.0. The van der Waals surface area contributed by atoms with Crippen molar-refractivity contribution < 1.29 is 32.9 Å². The quantitative estimate of drug-likeness (QED) is 0.0272. The summed E-state index contributed by atoms with van der Waals surface area (Å²) in [6.45, 7) is 4.65. The van der Waals surface area contributed by atoms with Gasteiger partial charge in [0.1, 0.15) is 13.2 Å². The predicted molar refractivity (Wildman–Crippen MR) is 348 cm³/mol. The van der Waals surface area contributed by atoms with Crippen molar-refractivity contribution >= 4 is 13.7 Å². The molecule has 80 heavy (non-hydrogen) atoms. The molecule has 0 saturated heterocycles. The SMILES string of the molecule is CCCCCCCCC/C=C/CC/C=C/CC/C=C/C(O)C(COP(=O)([O-])OCC[N+](C)(C)C)NC(=O)CCCCCCCCCCCCCCCCCCCCCCCCCCCCCCC/C=C\CCCCCCCCCC. The van der Waals surface area contributed by atoms with E-state index in [4.69, 9.17) is 9.05 Å². The Hall–Kier alpha value is -1.54. The minimum Gasteiger partial charge on any atom is -0.756 e. The average molecular weight is 1150 g/mol. The summed E-state index contributed by atoms with van der Waals surface area (Å²) in [4.78, 5) is 25.5. The van der Waals surface area contributed by atoms with Crippen LogP contribution in [-0.2, 0) is 18.4 Å². The highest BCUT2D eigenvalue weighted by Gasteiger charge is 2.23. The van der Waals surface area contributed by atoms with E-state index in [9.17, 15) is 19.4 Å². The third-order valence-corrected chi connectivity index (χ3v) is 17.0. The molecule has 0 bridgehead atoms. The van der Waals surface area contributed by atoms with Crippen LogP contribution in [0.4, 0.5) is 0 Å². The van der Waals surface area contributed by atoms with Gasteiger partial charge in [0.05, 0.1) is 39.9 Å². The number of aliphatic hydroxyl groups excluding tert-OH is 1. The van der Waals surface area contributed by atoms with Crippen LogP contribution in [0.3, 0.4) is 0 Å². The summed E-state index contributed by atoms with van der Waals surface area (Å²) in [7, 11) is 1.25. The van der Waals surface area contributed by atoms with Gasteiger partial charge in [-0.1, -0.05) is 319 Å². The number of phosphoric ester groups is 1. The fraction of sp³-hybridized carbons (Fsp3) is 0.873. The van der Waals surface area contributed by atoms with Gasteiger partial charge in [-0.3, -0.25) is 9.36 Å². The molecule has 0 radical (unpaired) electrons. The molecule has 0 spiro atoms. The molecular weight excluding hydrogens is 1010 g/mol. The molecule has 0 aliphatic carbocycles. The molecule has 3 unspecified atom stereocenters. The lowest BCUT2D eigenvalue weighted by Gasteiger charge is -2.29. The summed E-state index contributed by atoms with van der Waals surface area (Å²) in [5.41, 5.74) is 0. The molecule has 9 heteroatoms. The fourth-order valence-corrected chi connectivity index (χ4v) is 11.3. The second kappa shape index (κ2) is 62.0. The molecule has 0 aromatic heterocycles. The molecule has 8 nitrogen and oxygen atoms in total. The van der Waals surface area contributed by atoms with Crippen LogP contribution in [0.15, 0.2) is 48.6 Å². The molecule has 3 atom stereocenters. The summed E-state index contributed by atoms with van der Waals surface area (Å²) < 4.78 is 23.4. The molecule has 0 rings (SSSR count). The Morgan fingerprint density at radius 1 is 0.425 bits per heavy atom. The number of nitrogens with zero attached hydrogens (tertiary/aromatic N) is 1. The maximum absolute atomic E-state index is 13.0. The van der Waals surface area contributed by atoms with Crippen molar-refractivity contribution in [3.63, 3.8) is 0 Å². The highest BCUT2D eigenvalue weighted by molar-refractivity contribution is 7.45. The standard InChI is InChI=1S/C71H137N2O6P/c1-6-8-10-12-14-16-18-20-22-24-25-26-27-28-29-30-31-32-33-34-35-36-37-38-39-40-41-42-43-44-45-46-47-49-51-53-55-57-59-61-63-65-71(75)72-69(68-79-80(76,77)78-67-66-73(3,4)5)70(74)64-62-60-58-56-54-52-50-48-23-21-19-17-15-13-11-9-7-2/h23-25,48,54,56,62,64,69-70,74H,6-22,26-47,49-53,55,57-61,63,65-68H2,1-5H3,(H-,72,75,76,77)/b25-24-,48-23+,56-54+,64-62+. The van der Waals surface area contributed by atoms with Crippen LogP contribution in [0.5, 0.6) is 0 Å². The van der Waals surface area contributed by atoms with Crippen molar-refractivity contribution in [3.8, 4) is 0 Å². The topological polar surface area (TPSA) is 108 Å². The van der Waals surface area contributed by atoms with E-state index < -0.39 is 26.6 Å². The van der Waals surface area contributed by atoms with Gasteiger partial charge in [0.25, 0.3) is 7.82 Å². The van der Waals surface area contributed by atoms with Crippen molar-refractivity contribution in [2.45, 2.75) is 360 Å². The van der Waals surface area contributed by atoms with Gasteiger partial charge >= 0.3 is 0 Å². The zero-order chi connectivity index (χ0) is 58.4. The van der Waals surface area contributed by atoms with Crippen LogP contribution in [0.2, 0.25) is 0 Å². The monoisotopic (exact) mass is 1150 g/mol. The molecule has 0 heterocycles. The Kier molecular flexibility index (Phi) is 60.8. The van der Waals surface area contributed by atoms with E-state index in [-0.39, 0.29) is 12.5 Å². The maximum Gasteiger partial charge on any atom is 0.268 e. The molecule has 0 aliphatic rings. The Bertz CT molecular complexity index is 1440. The third-order valence-electron chi connectivity index (χ3n) is 16.0. The number of hydrogen-bond donors (Lipinski definition) is 2. The fourth-order valence-electron chi connectivity index (χ4n) is 10.5. The normalized spacial score (nSPS) is 13.9. The van der Waals surface area contributed by atoms with E-state index in [0.717, 1.165) is 44.9 Å². The van der Waals surface area contributed by atoms with Gasteiger partial charge in [-0.25, -0.2) is 0 Å². The summed E-state index contributed by atoms with van der Waals surface area (Å²) in [6.07, 6.45) is 84.1. The van der Waals surface area contributed by atoms with E-state index in [1.807, 2.05) is 27.2 Å². The molecule has 2 N–H and O–H groups in total. The third kappa shape index (κ3) is 64.0. The summed E-state index contributed by atoms with van der Waals surface area (Å²) in [5.74, 6) is -0.206. The van der Waals surface area contributed by atoms with Gasteiger partial charge in [-0.05, 0) is 70.6 Å². The lowest BCUT2D eigenvalue weighted by molar-refractivity contribution is -0.870. The van der Waals surface area contributed by atoms with Crippen LogP contribution in [0.1, 0.15) is 348 Å². The number of aliphatic hydroxyl groups is 1. The molecule has 0 aromatic rings. The number of carbonyl (C=O) groups is 1. The van der Waals surface area contributed by atoms with E-state index in [0.29, 0.717) is 17.4 Å². The van der Waals surface area contributed by atoms with E-state index >= 15 is 0 Å². The lowest BCUT2D eigenvalue weighted by atomic mass is 10.0. The number of rotatable bonds is 65. The number of likely N-dealkylation sites (N-methyl/N-ethyl adjacent to an activating group) is 1. The minimum atomic E-state index is -4.61. The highest BCUT2D eigenvalue weighted by atomic mass is 31.2. The lowest BCUT2D eigenvalue weighted by Crippen LogP contribution is -2.45. The van der Waals surface area contributed by atoms with Crippen LogP contribution < -0.4 is 10.2 Å². The van der Waals surface area contributed by atoms with Gasteiger partial charge in [-0.2, -0.15) is 0 Å². The highest BCUT2D eigenvalue weighted by Crippen LogP contribution is 2.38. The molecule has 0 fully saturated rings. The largest absolute Gasteiger partial charge is 0.756 e. The average Bonchev–Trinajstić information content (AvgIpc) is 3.43. The van der Waals surface area contributed by atoms with E-state index in [1.54, 1.807) is 6.08 Å². The Morgan fingerprint density at radius 3 is 1.01 bits per heavy atom. The number of hydrogen-bond acceptors (Lipinski definition) is 6. The van der Waals surface area contributed by atoms with Crippen molar-refractivity contribution in [3.05, 3.63) is 48.6 Å².